The van der Waals surface area contributed by atoms with Crippen LogP contribution in [0.5, 0.6) is 0 Å². The highest BCUT2D eigenvalue weighted by Crippen LogP contribution is 2.60. The van der Waals surface area contributed by atoms with Crippen LogP contribution in [0.1, 0.15) is 67.7 Å². The van der Waals surface area contributed by atoms with E-state index in [0.29, 0.717) is 11.8 Å². The molecule has 1 heteroatoms. The van der Waals surface area contributed by atoms with Crippen LogP contribution in [0.4, 0.5) is 0 Å². The van der Waals surface area contributed by atoms with Crippen molar-refractivity contribution >= 4 is 0 Å². The molecule has 0 aromatic carbocycles. The third kappa shape index (κ3) is 3.00. The first-order valence-corrected chi connectivity index (χ1v) is 10.4. The van der Waals surface area contributed by atoms with Crippen molar-refractivity contribution in [3.8, 4) is 0 Å². The van der Waals surface area contributed by atoms with Crippen molar-refractivity contribution in [1.29, 1.82) is 0 Å². The van der Waals surface area contributed by atoms with Gasteiger partial charge in [-0.3, -0.25) is 0 Å². The zero-order valence-electron chi connectivity index (χ0n) is 16.5. The fourth-order valence-electron chi connectivity index (χ4n) is 6.92. The van der Waals surface area contributed by atoms with Gasteiger partial charge in [0.25, 0.3) is 0 Å². The van der Waals surface area contributed by atoms with Crippen molar-refractivity contribution < 1.29 is 5.11 Å². The van der Waals surface area contributed by atoms with Crippen molar-refractivity contribution in [3.05, 3.63) is 0 Å². The number of hydrogen-bond acceptors (Lipinski definition) is 1. The largest absolute Gasteiger partial charge is 0.393 e. The highest BCUT2D eigenvalue weighted by Gasteiger charge is 2.54. The van der Waals surface area contributed by atoms with Gasteiger partial charge in [0.05, 0.1) is 6.10 Å². The molecule has 1 N–H and O–H groups in total. The molecule has 0 spiro atoms. The predicted octanol–water partition coefficient (Wildman–Crippen LogP) is 5.48. The van der Waals surface area contributed by atoms with E-state index in [0.717, 1.165) is 53.3 Å². The fourth-order valence-corrected chi connectivity index (χ4v) is 6.92. The second-order valence-corrected chi connectivity index (χ2v) is 10.1. The minimum Gasteiger partial charge on any atom is -0.393 e. The summed E-state index contributed by atoms with van der Waals surface area (Å²) in [6.07, 6.45) is 3.99. The molecule has 10 atom stereocenters. The molecule has 3 rings (SSSR count). The van der Waals surface area contributed by atoms with E-state index in [2.05, 4.69) is 48.5 Å². The normalized spacial score (nSPS) is 57.7. The molecule has 3 fully saturated rings. The van der Waals surface area contributed by atoms with Crippen LogP contribution < -0.4 is 0 Å². The second kappa shape index (κ2) is 6.36. The Hall–Kier alpha value is -0.0400. The molecular formula is C22H40O. The lowest BCUT2D eigenvalue weighted by Gasteiger charge is -2.51. The predicted molar refractivity (Wildman–Crippen MR) is 98.0 cm³/mol. The third-order valence-electron chi connectivity index (χ3n) is 9.02. The Labute approximate surface area is 144 Å². The fraction of sp³-hybridized carbons (Fsp3) is 1.00. The van der Waals surface area contributed by atoms with Gasteiger partial charge < -0.3 is 5.11 Å². The van der Waals surface area contributed by atoms with Gasteiger partial charge in [0, 0.05) is 0 Å². The lowest BCUT2D eigenvalue weighted by molar-refractivity contribution is -0.0424. The first-order valence-electron chi connectivity index (χ1n) is 10.4. The Morgan fingerprint density at radius 2 is 1.35 bits per heavy atom. The van der Waals surface area contributed by atoms with Gasteiger partial charge in [-0.1, -0.05) is 41.5 Å². The summed E-state index contributed by atoms with van der Waals surface area (Å²) in [5, 5.41) is 10.6. The summed E-state index contributed by atoms with van der Waals surface area (Å²) >= 11 is 0. The lowest BCUT2D eigenvalue weighted by Crippen LogP contribution is -2.45. The van der Waals surface area contributed by atoms with Crippen LogP contribution >= 0.6 is 0 Å². The summed E-state index contributed by atoms with van der Waals surface area (Å²) < 4.78 is 0. The zero-order chi connectivity index (χ0) is 17.0. The second-order valence-electron chi connectivity index (χ2n) is 10.1. The molecular weight excluding hydrogens is 280 g/mol. The Kier molecular flexibility index (Phi) is 4.91. The van der Waals surface area contributed by atoms with E-state index in [1.54, 1.807) is 0 Å². The number of hydrogen-bond donors (Lipinski definition) is 1. The molecule has 3 saturated carbocycles. The maximum Gasteiger partial charge on any atom is 0.0545 e. The van der Waals surface area contributed by atoms with Gasteiger partial charge in [0.1, 0.15) is 0 Å². The van der Waals surface area contributed by atoms with E-state index in [9.17, 15) is 5.11 Å². The summed E-state index contributed by atoms with van der Waals surface area (Å²) in [4.78, 5) is 0. The van der Waals surface area contributed by atoms with Gasteiger partial charge in [0.15, 0.2) is 0 Å². The van der Waals surface area contributed by atoms with E-state index >= 15 is 0 Å². The lowest BCUT2D eigenvalue weighted by atomic mass is 9.54. The summed E-state index contributed by atoms with van der Waals surface area (Å²) in [6.45, 7) is 16.8. The Balaban J connectivity index is 1.80. The standard InChI is InChI=1S/C22H40O/c1-11-8-12(2)22(17(7)23)21(20-10-19(20)13(11)3)9-18-15(5)14(4)16(18)6/h11-23H,8-10H2,1-7H3. The van der Waals surface area contributed by atoms with E-state index in [1.165, 1.54) is 19.3 Å². The van der Waals surface area contributed by atoms with Crippen LogP contribution in [0, 0.1) is 65.1 Å². The Morgan fingerprint density at radius 3 is 1.91 bits per heavy atom. The van der Waals surface area contributed by atoms with Crippen molar-refractivity contribution in [2.45, 2.75) is 73.8 Å². The molecule has 134 valence electrons. The van der Waals surface area contributed by atoms with Crippen LogP contribution in [-0.4, -0.2) is 11.2 Å². The van der Waals surface area contributed by atoms with Gasteiger partial charge >= 0.3 is 0 Å². The van der Waals surface area contributed by atoms with Crippen molar-refractivity contribution in [2.75, 3.05) is 0 Å². The van der Waals surface area contributed by atoms with Crippen molar-refractivity contribution in [1.82, 2.24) is 0 Å². The molecule has 0 bridgehead atoms. The highest BCUT2D eigenvalue weighted by atomic mass is 16.3. The number of fused-ring (bicyclic) bond motifs is 1. The van der Waals surface area contributed by atoms with Gasteiger partial charge in [-0.15, -0.1) is 0 Å². The first kappa shape index (κ1) is 17.8. The summed E-state index contributed by atoms with van der Waals surface area (Å²) in [6, 6.07) is 0. The van der Waals surface area contributed by atoms with Crippen LogP contribution in [-0.2, 0) is 0 Å². The van der Waals surface area contributed by atoms with Gasteiger partial charge in [-0.05, 0) is 91.3 Å². The van der Waals surface area contributed by atoms with Crippen molar-refractivity contribution in [2.24, 2.45) is 65.1 Å². The minimum atomic E-state index is -0.139. The minimum absolute atomic E-state index is 0.139. The van der Waals surface area contributed by atoms with E-state index in [-0.39, 0.29) is 6.10 Å². The average molecular weight is 321 g/mol. The average Bonchev–Trinajstić information content (AvgIpc) is 3.27. The molecule has 0 aromatic rings. The molecule has 10 unspecified atom stereocenters. The number of rotatable bonds is 3. The van der Waals surface area contributed by atoms with E-state index < -0.39 is 0 Å². The molecule has 3 aliphatic rings. The quantitative estimate of drug-likeness (QED) is 0.730. The molecule has 0 radical (unpaired) electrons. The maximum absolute atomic E-state index is 10.6. The Morgan fingerprint density at radius 1 is 0.739 bits per heavy atom. The van der Waals surface area contributed by atoms with Crippen LogP contribution in [0.3, 0.4) is 0 Å². The molecule has 0 amide bonds. The number of aliphatic hydroxyl groups is 1. The molecule has 1 nitrogen and oxygen atoms in total. The van der Waals surface area contributed by atoms with E-state index in [4.69, 9.17) is 0 Å². The Bertz CT molecular complexity index is 406. The van der Waals surface area contributed by atoms with Crippen molar-refractivity contribution in [3.63, 3.8) is 0 Å². The maximum atomic E-state index is 10.6. The molecule has 0 aromatic heterocycles. The number of aliphatic hydroxyl groups excluding tert-OH is 1. The SMILES string of the molecule is CC(O)C1C(C)CC(C)C(C)C2CC2C1CC1C(C)C(C)C1C. The summed E-state index contributed by atoms with van der Waals surface area (Å²) in [5.41, 5.74) is 0. The van der Waals surface area contributed by atoms with Crippen LogP contribution in [0.15, 0.2) is 0 Å². The first-order chi connectivity index (χ1) is 10.7. The topological polar surface area (TPSA) is 20.2 Å². The summed E-state index contributed by atoms with van der Waals surface area (Å²) in [5.74, 6) is 9.09. The molecule has 0 saturated heterocycles. The van der Waals surface area contributed by atoms with Crippen LogP contribution in [0.25, 0.3) is 0 Å². The smallest absolute Gasteiger partial charge is 0.0545 e. The third-order valence-corrected chi connectivity index (χ3v) is 9.02. The van der Waals surface area contributed by atoms with Gasteiger partial charge in [-0.25, -0.2) is 0 Å². The molecule has 0 heterocycles. The molecule has 3 aliphatic carbocycles. The van der Waals surface area contributed by atoms with E-state index in [1.807, 2.05) is 0 Å². The highest BCUT2D eigenvalue weighted by molar-refractivity contribution is 5.03. The molecule has 0 aliphatic heterocycles. The van der Waals surface area contributed by atoms with Gasteiger partial charge in [0.2, 0.25) is 0 Å². The zero-order valence-corrected chi connectivity index (χ0v) is 16.5. The monoisotopic (exact) mass is 320 g/mol. The van der Waals surface area contributed by atoms with Crippen LogP contribution in [0.2, 0.25) is 0 Å². The molecule has 23 heavy (non-hydrogen) atoms. The van der Waals surface area contributed by atoms with Gasteiger partial charge in [-0.2, -0.15) is 0 Å². The summed E-state index contributed by atoms with van der Waals surface area (Å²) in [7, 11) is 0.